The van der Waals surface area contributed by atoms with E-state index in [1.807, 2.05) is 0 Å². The van der Waals surface area contributed by atoms with E-state index in [1.54, 1.807) is 0 Å². The number of carbonyl (C=O) groups excluding carboxylic acids is 1. The van der Waals surface area contributed by atoms with Crippen LogP contribution in [0.1, 0.15) is 57.4 Å². The molecule has 140 valence electrons. The van der Waals surface area contributed by atoms with Crippen LogP contribution in [0.2, 0.25) is 0 Å². The van der Waals surface area contributed by atoms with Gasteiger partial charge >= 0.3 is 0 Å². The van der Waals surface area contributed by atoms with E-state index in [9.17, 15) is 4.79 Å². The van der Waals surface area contributed by atoms with Crippen molar-refractivity contribution >= 4 is 5.91 Å². The molecule has 3 heteroatoms. The normalized spacial score (nSPS) is 41.9. The van der Waals surface area contributed by atoms with Crippen molar-refractivity contribution in [3.8, 4) is 0 Å². The first-order valence-electron chi connectivity index (χ1n) is 10.6. The van der Waals surface area contributed by atoms with E-state index in [-0.39, 0.29) is 10.8 Å². The standard InChI is InChI=1S/C23H32N2O/c1-21-12-18-13-22(15-21,19-6-3-2-4-7-19)17-23(14-18,16-21)20(26)25-10-5-8-24-9-11-25/h2-4,6-7,18,24H,5,8-17H2,1H3/t18?,21-,22-,23?/m1/s1. The molecule has 1 heterocycles. The van der Waals surface area contributed by atoms with Crippen molar-refractivity contribution < 1.29 is 4.79 Å². The first kappa shape index (κ1) is 16.8. The fraction of sp³-hybridized carbons (Fsp3) is 0.696. The molecule has 26 heavy (non-hydrogen) atoms. The van der Waals surface area contributed by atoms with Crippen LogP contribution in [-0.2, 0) is 10.2 Å². The van der Waals surface area contributed by atoms with Gasteiger partial charge in [-0.25, -0.2) is 0 Å². The molecule has 4 aliphatic carbocycles. The van der Waals surface area contributed by atoms with Crippen molar-refractivity contribution in [1.82, 2.24) is 10.2 Å². The highest BCUT2D eigenvalue weighted by molar-refractivity contribution is 5.84. The molecule has 1 aromatic rings. The molecule has 4 atom stereocenters. The third-order valence-electron chi connectivity index (χ3n) is 7.81. The Bertz CT molecular complexity index is 695. The van der Waals surface area contributed by atoms with Gasteiger partial charge in [0.05, 0.1) is 5.41 Å². The van der Waals surface area contributed by atoms with Gasteiger partial charge in [-0.3, -0.25) is 4.79 Å². The first-order valence-corrected chi connectivity index (χ1v) is 10.6. The summed E-state index contributed by atoms with van der Waals surface area (Å²) in [5, 5.41) is 3.45. The quantitative estimate of drug-likeness (QED) is 0.879. The summed E-state index contributed by atoms with van der Waals surface area (Å²) >= 11 is 0. The van der Waals surface area contributed by atoms with Crippen molar-refractivity contribution in [3.63, 3.8) is 0 Å². The van der Waals surface area contributed by atoms with E-state index in [0.29, 0.717) is 11.3 Å². The van der Waals surface area contributed by atoms with Crippen molar-refractivity contribution in [2.75, 3.05) is 26.2 Å². The number of hydrogen-bond acceptors (Lipinski definition) is 2. The fourth-order valence-electron chi connectivity index (χ4n) is 7.66. The molecule has 1 saturated heterocycles. The Kier molecular flexibility index (Phi) is 3.76. The van der Waals surface area contributed by atoms with Crippen LogP contribution in [0, 0.1) is 16.7 Å². The number of rotatable bonds is 2. The molecule has 1 aromatic carbocycles. The van der Waals surface area contributed by atoms with Gasteiger partial charge in [-0.1, -0.05) is 37.3 Å². The molecule has 1 N–H and O–H groups in total. The second kappa shape index (κ2) is 5.82. The summed E-state index contributed by atoms with van der Waals surface area (Å²) in [5.41, 5.74) is 1.96. The van der Waals surface area contributed by atoms with E-state index >= 15 is 0 Å². The molecule has 4 saturated carbocycles. The third kappa shape index (κ3) is 2.54. The SMILES string of the molecule is C[C@]12CC3CC(C(=O)N4CCCNCC4)(C1)C[C@@](c1ccccc1)(C3)C2. The zero-order chi connectivity index (χ0) is 17.8. The van der Waals surface area contributed by atoms with Crippen LogP contribution >= 0.6 is 0 Å². The lowest BCUT2D eigenvalue weighted by Gasteiger charge is -2.66. The Balaban J connectivity index is 1.52. The number of benzene rings is 1. The number of carbonyl (C=O) groups is 1. The average molecular weight is 353 g/mol. The molecule has 0 radical (unpaired) electrons. The summed E-state index contributed by atoms with van der Waals surface area (Å²) in [6.07, 6.45) is 8.33. The van der Waals surface area contributed by atoms with Crippen molar-refractivity contribution in [2.24, 2.45) is 16.7 Å². The molecule has 3 nitrogen and oxygen atoms in total. The van der Waals surface area contributed by atoms with Gasteiger partial charge in [0.25, 0.3) is 0 Å². The Morgan fingerprint density at radius 2 is 1.88 bits per heavy atom. The Morgan fingerprint density at radius 1 is 1.04 bits per heavy atom. The van der Waals surface area contributed by atoms with Crippen LogP contribution in [0.25, 0.3) is 0 Å². The summed E-state index contributed by atoms with van der Waals surface area (Å²) in [5.74, 6) is 1.21. The monoisotopic (exact) mass is 352 g/mol. The maximum absolute atomic E-state index is 13.8. The van der Waals surface area contributed by atoms with Gasteiger partial charge in [0.2, 0.25) is 5.91 Å². The highest BCUT2D eigenvalue weighted by atomic mass is 16.2. The second-order valence-corrected chi connectivity index (χ2v) is 10.1. The van der Waals surface area contributed by atoms with E-state index in [1.165, 1.54) is 24.8 Å². The van der Waals surface area contributed by atoms with Crippen LogP contribution in [0.3, 0.4) is 0 Å². The van der Waals surface area contributed by atoms with Crippen molar-refractivity contribution in [3.05, 3.63) is 35.9 Å². The van der Waals surface area contributed by atoms with Crippen molar-refractivity contribution in [1.29, 1.82) is 0 Å². The van der Waals surface area contributed by atoms with Crippen LogP contribution in [0.4, 0.5) is 0 Å². The zero-order valence-corrected chi connectivity index (χ0v) is 16.1. The molecular weight excluding hydrogens is 320 g/mol. The van der Waals surface area contributed by atoms with Gasteiger partial charge in [-0.2, -0.15) is 0 Å². The number of nitrogens with one attached hydrogen (secondary N) is 1. The van der Waals surface area contributed by atoms with Gasteiger partial charge < -0.3 is 10.2 Å². The molecular formula is C23H32N2O. The molecule has 5 aliphatic rings. The van der Waals surface area contributed by atoms with Crippen LogP contribution in [0.5, 0.6) is 0 Å². The third-order valence-corrected chi connectivity index (χ3v) is 7.81. The molecule has 1 amide bonds. The minimum Gasteiger partial charge on any atom is -0.341 e. The predicted molar refractivity (Wildman–Crippen MR) is 104 cm³/mol. The summed E-state index contributed by atoms with van der Waals surface area (Å²) < 4.78 is 0. The highest BCUT2D eigenvalue weighted by Crippen LogP contribution is 2.70. The van der Waals surface area contributed by atoms with Crippen LogP contribution in [0.15, 0.2) is 30.3 Å². The van der Waals surface area contributed by atoms with Gasteiger partial charge in [-0.05, 0) is 73.8 Å². The molecule has 5 fully saturated rings. The summed E-state index contributed by atoms with van der Waals surface area (Å²) in [6, 6.07) is 11.1. The lowest BCUT2D eigenvalue weighted by Crippen LogP contribution is -2.62. The Morgan fingerprint density at radius 3 is 2.69 bits per heavy atom. The van der Waals surface area contributed by atoms with E-state index in [2.05, 4.69) is 47.5 Å². The lowest BCUT2D eigenvalue weighted by atomic mass is 9.38. The molecule has 6 rings (SSSR count). The molecule has 0 spiro atoms. The lowest BCUT2D eigenvalue weighted by molar-refractivity contribution is -0.170. The smallest absolute Gasteiger partial charge is 0.228 e. The van der Waals surface area contributed by atoms with Gasteiger partial charge in [0.15, 0.2) is 0 Å². The summed E-state index contributed by atoms with van der Waals surface area (Å²) in [6.45, 7) is 6.30. The van der Waals surface area contributed by atoms with Gasteiger partial charge in [0, 0.05) is 19.6 Å². The number of hydrogen-bond donors (Lipinski definition) is 1. The highest BCUT2D eigenvalue weighted by Gasteiger charge is 2.65. The van der Waals surface area contributed by atoms with Crippen molar-refractivity contribution in [2.45, 2.75) is 57.3 Å². The summed E-state index contributed by atoms with van der Waals surface area (Å²) in [7, 11) is 0. The average Bonchev–Trinajstić information content (AvgIpc) is 2.89. The molecule has 0 aromatic heterocycles. The molecule has 1 aliphatic heterocycles. The van der Waals surface area contributed by atoms with E-state index < -0.39 is 0 Å². The minimum atomic E-state index is -0.103. The molecule has 4 bridgehead atoms. The topological polar surface area (TPSA) is 32.3 Å². The van der Waals surface area contributed by atoms with Gasteiger partial charge in [0.1, 0.15) is 0 Å². The Hall–Kier alpha value is -1.35. The molecule has 2 unspecified atom stereocenters. The maximum atomic E-state index is 13.8. The summed E-state index contributed by atoms with van der Waals surface area (Å²) in [4.78, 5) is 16.0. The fourth-order valence-corrected chi connectivity index (χ4v) is 7.66. The predicted octanol–water partition coefficient (Wildman–Crippen LogP) is 3.74. The second-order valence-electron chi connectivity index (χ2n) is 10.1. The van der Waals surface area contributed by atoms with Crippen LogP contribution < -0.4 is 5.32 Å². The first-order chi connectivity index (χ1) is 12.5. The minimum absolute atomic E-state index is 0.103. The number of nitrogens with zero attached hydrogens (tertiary/aromatic N) is 1. The largest absolute Gasteiger partial charge is 0.341 e. The maximum Gasteiger partial charge on any atom is 0.228 e. The van der Waals surface area contributed by atoms with E-state index in [0.717, 1.165) is 57.8 Å². The van der Waals surface area contributed by atoms with E-state index in [4.69, 9.17) is 0 Å². The Labute approximate surface area is 157 Å². The van der Waals surface area contributed by atoms with Gasteiger partial charge in [-0.15, -0.1) is 0 Å². The zero-order valence-electron chi connectivity index (χ0n) is 16.1. The number of amides is 1. The van der Waals surface area contributed by atoms with Crippen LogP contribution in [-0.4, -0.2) is 37.0 Å².